The Bertz CT molecular complexity index is 1400. The largest absolute Gasteiger partial charge is 0.378 e. The fourth-order valence-corrected chi connectivity index (χ4v) is 5.30. The molecule has 2 N–H and O–H groups in total. The highest BCUT2D eigenvalue weighted by Crippen LogP contribution is 2.56. The van der Waals surface area contributed by atoms with Gasteiger partial charge in [0.05, 0.1) is 25.1 Å². The Morgan fingerprint density at radius 3 is 2.47 bits per heavy atom. The van der Waals surface area contributed by atoms with Crippen LogP contribution in [0.15, 0.2) is 55.3 Å². The number of fused-ring (bicyclic) bond motifs is 2. The van der Waals surface area contributed by atoms with E-state index in [9.17, 15) is 13.6 Å². The first kappa shape index (κ1) is 24.3. The lowest BCUT2D eigenvalue weighted by molar-refractivity contribution is -0.114. The van der Waals surface area contributed by atoms with E-state index in [-0.39, 0.29) is 28.9 Å². The fraction of sp³-hybridized carbons (Fsp3) is 0.321. The van der Waals surface area contributed by atoms with Gasteiger partial charge in [0.2, 0.25) is 11.9 Å². The second-order valence-corrected chi connectivity index (χ2v) is 9.86. The highest BCUT2D eigenvalue weighted by Gasteiger charge is 2.49. The van der Waals surface area contributed by atoms with Crippen LogP contribution in [0, 0.1) is 11.6 Å². The minimum atomic E-state index is -0.639. The number of carbonyl (C=O) groups is 1. The summed E-state index contributed by atoms with van der Waals surface area (Å²) < 4.78 is 34.8. The number of nitrogens with one attached hydrogen (secondary N) is 2. The van der Waals surface area contributed by atoms with E-state index in [4.69, 9.17) is 4.74 Å². The van der Waals surface area contributed by atoms with Gasteiger partial charge in [0, 0.05) is 36.7 Å². The number of morpholine rings is 1. The molecule has 0 radical (unpaired) electrons. The Labute approximate surface area is 219 Å². The van der Waals surface area contributed by atoms with E-state index in [0.717, 1.165) is 36.7 Å². The molecule has 1 spiro atoms. The van der Waals surface area contributed by atoms with Crippen LogP contribution in [0.5, 0.6) is 0 Å². The molecule has 3 aromatic rings. The van der Waals surface area contributed by atoms with E-state index in [1.54, 1.807) is 17.0 Å². The highest BCUT2D eigenvalue weighted by molar-refractivity contribution is 6.02. The number of benzene rings is 2. The Morgan fingerprint density at radius 1 is 0.974 bits per heavy atom. The fourth-order valence-electron chi connectivity index (χ4n) is 5.30. The topological polar surface area (TPSA) is 82.6 Å². The van der Waals surface area contributed by atoms with Crippen molar-refractivity contribution in [2.75, 3.05) is 53.3 Å². The third-order valence-corrected chi connectivity index (χ3v) is 7.53. The third-order valence-electron chi connectivity index (χ3n) is 7.53. The van der Waals surface area contributed by atoms with Crippen molar-refractivity contribution in [2.24, 2.45) is 0 Å². The van der Waals surface area contributed by atoms with Gasteiger partial charge in [-0.25, -0.2) is 13.8 Å². The predicted octanol–water partition coefficient (Wildman–Crippen LogP) is 5.03. The molecular weight excluding hydrogens is 490 g/mol. The molecule has 1 amide bonds. The summed E-state index contributed by atoms with van der Waals surface area (Å²) in [7, 11) is 0. The normalized spacial score (nSPS) is 17.6. The lowest BCUT2D eigenvalue weighted by Gasteiger charge is -2.34. The second kappa shape index (κ2) is 9.68. The van der Waals surface area contributed by atoms with Gasteiger partial charge in [-0.05, 0) is 66.6 Å². The van der Waals surface area contributed by atoms with Crippen molar-refractivity contribution in [3.05, 3.63) is 72.4 Å². The van der Waals surface area contributed by atoms with Gasteiger partial charge in [-0.15, -0.1) is 0 Å². The summed E-state index contributed by atoms with van der Waals surface area (Å²) in [5, 5.41) is 5.97. The average Bonchev–Trinajstić information content (AvgIpc) is 3.71. The van der Waals surface area contributed by atoms with Crippen molar-refractivity contribution in [3.63, 3.8) is 0 Å². The first-order valence-corrected chi connectivity index (χ1v) is 12.7. The maximum absolute atomic E-state index is 14.8. The lowest BCUT2D eigenvalue weighted by atomic mass is 9.86. The number of halogens is 2. The smallest absolute Gasteiger partial charge is 0.250 e. The minimum Gasteiger partial charge on any atom is -0.378 e. The monoisotopic (exact) mass is 518 g/mol. The summed E-state index contributed by atoms with van der Waals surface area (Å²) in [5.41, 5.74) is 3.62. The van der Waals surface area contributed by atoms with E-state index in [0.29, 0.717) is 49.9 Å². The Balaban J connectivity index is 1.22. The lowest BCUT2D eigenvalue weighted by Crippen LogP contribution is -2.37. The molecule has 1 aliphatic carbocycles. The minimum absolute atomic E-state index is 0.0357. The van der Waals surface area contributed by atoms with Crippen molar-refractivity contribution >= 4 is 40.4 Å². The van der Waals surface area contributed by atoms with Crippen molar-refractivity contribution in [3.8, 4) is 0 Å². The Morgan fingerprint density at radius 2 is 1.74 bits per heavy atom. The second-order valence-electron chi connectivity index (χ2n) is 9.86. The summed E-state index contributed by atoms with van der Waals surface area (Å²) in [6.45, 7) is 6.63. The predicted molar refractivity (Wildman–Crippen MR) is 143 cm³/mol. The maximum Gasteiger partial charge on any atom is 0.250 e. The molecule has 10 heteroatoms. The zero-order chi connectivity index (χ0) is 26.3. The number of anilines is 6. The molecule has 3 aliphatic rings. The molecule has 38 heavy (non-hydrogen) atoms. The van der Waals surface area contributed by atoms with Gasteiger partial charge in [0.25, 0.3) is 0 Å². The van der Waals surface area contributed by atoms with E-state index >= 15 is 0 Å². The molecular formula is C28H28F2N6O2. The number of aromatic nitrogens is 2. The molecule has 2 fully saturated rings. The Kier molecular flexibility index (Phi) is 6.19. The number of nitrogens with zero attached hydrogens (tertiary/aromatic N) is 4. The van der Waals surface area contributed by atoms with E-state index in [2.05, 4.69) is 27.2 Å². The van der Waals surface area contributed by atoms with Gasteiger partial charge < -0.3 is 25.2 Å². The van der Waals surface area contributed by atoms with Gasteiger partial charge >= 0.3 is 0 Å². The third kappa shape index (κ3) is 4.56. The van der Waals surface area contributed by atoms with E-state index in [1.165, 1.54) is 12.1 Å². The van der Waals surface area contributed by atoms with Crippen LogP contribution in [0.25, 0.3) is 0 Å². The molecule has 2 aromatic carbocycles. The van der Waals surface area contributed by atoms with Crippen molar-refractivity contribution in [2.45, 2.75) is 24.7 Å². The number of hydrogen-bond acceptors (Lipinski definition) is 7. The molecule has 1 saturated carbocycles. The standard InChI is InChI=1S/C28H28F2N6O2/c1-2-25(37)36-10-9-28(7-8-28)20-5-3-19(16-24(20)36)32-26-22(30)17-31-27(34-26)33-18-4-6-23(21(29)15-18)35-11-13-38-14-12-35/h2-6,15-17H,1,7-14H2,(H2,31,32,33,34). The summed E-state index contributed by atoms with van der Waals surface area (Å²) in [6.07, 6.45) is 5.50. The highest BCUT2D eigenvalue weighted by atomic mass is 19.1. The van der Waals surface area contributed by atoms with Gasteiger partial charge in [-0.3, -0.25) is 4.79 Å². The summed E-state index contributed by atoms with van der Waals surface area (Å²) >= 11 is 0. The average molecular weight is 519 g/mol. The molecule has 1 aromatic heterocycles. The summed E-state index contributed by atoms with van der Waals surface area (Å²) in [4.78, 5) is 24.4. The van der Waals surface area contributed by atoms with Crippen LogP contribution in [0.1, 0.15) is 24.8 Å². The molecule has 2 aliphatic heterocycles. The zero-order valence-electron chi connectivity index (χ0n) is 20.8. The van der Waals surface area contributed by atoms with Gasteiger partial charge in [-0.2, -0.15) is 4.98 Å². The number of amides is 1. The van der Waals surface area contributed by atoms with Crippen LogP contribution in [0.3, 0.4) is 0 Å². The van der Waals surface area contributed by atoms with Crippen molar-refractivity contribution < 1.29 is 18.3 Å². The molecule has 8 nitrogen and oxygen atoms in total. The van der Waals surface area contributed by atoms with Crippen molar-refractivity contribution in [1.29, 1.82) is 0 Å². The van der Waals surface area contributed by atoms with Crippen LogP contribution in [-0.4, -0.2) is 48.7 Å². The molecule has 196 valence electrons. The number of carbonyl (C=O) groups excluding carboxylic acids is 1. The SMILES string of the molecule is C=CC(=O)N1CCC2(CC2)c2ccc(Nc3nc(Nc4ccc(N5CCOCC5)c(F)c4)ncc3F)cc21. The quantitative estimate of drug-likeness (QED) is 0.443. The molecule has 0 atom stereocenters. The van der Waals surface area contributed by atoms with Crippen LogP contribution in [-0.2, 0) is 14.9 Å². The Hall–Kier alpha value is -4.05. The van der Waals surface area contributed by atoms with Gasteiger partial charge in [-0.1, -0.05) is 12.6 Å². The maximum atomic E-state index is 14.8. The van der Waals surface area contributed by atoms with Gasteiger partial charge in [0.1, 0.15) is 5.82 Å². The van der Waals surface area contributed by atoms with Crippen LogP contribution in [0.2, 0.25) is 0 Å². The van der Waals surface area contributed by atoms with Crippen molar-refractivity contribution in [1.82, 2.24) is 9.97 Å². The van der Waals surface area contributed by atoms with Gasteiger partial charge in [0.15, 0.2) is 11.6 Å². The molecule has 1 saturated heterocycles. The van der Waals surface area contributed by atoms with E-state index in [1.807, 2.05) is 23.1 Å². The zero-order valence-corrected chi connectivity index (χ0v) is 20.8. The molecule has 3 heterocycles. The van der Waals surface area contributed by atoms with E-state index < -0.39 is 5.82 Å². The molecule has 6 rings (SSSR count). The molecule has 0 unspecified atom stereocenters. The first-order chi connectivity index (χ1) is 18.5. The summed E-state index contributed by atoms with van der Waals surface area (Å²) in [5.74, 6) is -1.10. The summed E-state index contributed by atoms with van der Waals surface area (Å²) in [6, 6.07) is 10.5. The number of hydrogen-bond donors (Lipinski definition) is 2. The van der Waals surface area contributed by atoms with Crippen LogP contribution < -0.4 is 20.4 Å². The van der Waals surface area contributed by atoms with Crippen LogP contribution in [0.4, 0.5) is 43.3 Å². The van der Waals surface area contributed by atoms with Crippen LogP contribution >= 0.6 is 0 Å². The molecule has 0 bridgehead atoms. The number of rotatable bonds is 6. The number of ether oxygens (including phenoxy) is 1. The first-order valence-electron chi connectivity index (χ1n) is 12.7.